The molecule has 1 fully saturated rings. The molecule has 0 N–H and O–H groups in total. The Bertz CT molecular complexity index is 1140. The van der Waals surface area contributed by atoms with Gasteiger partial charge in [0.1, 0.15) is 6.07 Å². The minimum Gasteiger partial charge on any atom is -0.342 e. The summed E-state index contributed by atoms with van der Waals surface area (Å²) in [4.78, 5) is 14.7. The van der Waals surface area contributed by atoms with Crippen molar-refractivity contribution in [1.82, 2.24) is 14.7 Å². The standard InChI is InChI=1S/C24H23ClN4O/c1-16-22(17(2)29(27-16)21-9-8-20(15-26)23(25)14-21)13-18-6-5-7-19(12-18)24(30)28-10-3-4-11-28/h6-9,12,14,19H,3-4,10-11,13H2,1-2H3. The monoisotopic (exact) mass is 418 g/mol. The molecule has 30 heavy (non-hydrogen) atoms. The zero-order valence-electron chi connectivity index (χ0n) is 17.2. The number of amides is 1. The fourth-order valence-corrected chi connectivity index (χ4v) is 4.32. The van der Waals surface area contributed by atoms with Crippen molar-refractivity contribution in [3.05, 3.63) is 75.3 Å². The molecule has 4 rings (SSSR count). The van der Waals surface area contributed by atoms with E-state index in [1.165, 1.54) is 0 Å². The molecule has 5 nitrogen and oxygen atoms in total. The Morgan fingerprint density at radius 2 is 2.10 bits per heavy atom. The van der Waals surface area contributed by atoms with Crippen molar-refractivity contribution in [1.29, 1.82) is 5.26 Å². The smallest absolute Gasteiger partial charge is 0.233 e. The molecule has 0 bridgehead atoms. The Labute approximate surface area is 181 Å². The number of likely N-dealkylation sites (tertiary alicyclic amines) is 1. The molecule has 1 amide bonds. The Morgan fingerprint density at radius 3 is 2.80 bits per heavy atom. The molecule has 1 aliphatic carbocycles. The highest BCUT2D eigenvalue weighted by atomic mass is 35.5. The van der Waals surface area contributed by atoms with Crippen molar-refractivity contribution in [3.8, 4) is 11.8 Å². The molecular weight excluding hydrogens is 396 g/mol. The van der Waals surface area contributed by atoms with E-state index in [4.69, 9.17) is 22.0 Å². The summed E-state index contributed by atoms with van der Waals surface area (Å²) in [7, 11) is 0. The predicted octanol–water partition coefficient (Wildman–Crippen LogP) is 4.45. The van der Waals surface area contributed by atoms with E-state index in [1.807, 2.05) is 47.7 Å². The van der Waals surface area contributed by atoms with E-state index < -0.39 is 0 Å². The molecule has 1 aromatic carbocycles. The normalized spacial score (nSPS) is 17.9. The van der Waals surface area contributed by atoms with E-state index >= 15 is 0 Å². The predicted molar refractivity (Wildman–Crippen MR) is 117 cm³/mol. The average Bonchev–Trinajstić information content (AvgIpc) is 3.38. The van der Waals surface area contributed by atoms with Gasteiger partial charge in [-0.1, -0.05) is 17.7 Å². The summed E-state index contributed by atoms with van der Waals surface area (Å²) >= 11 is 6.21. The number of hydrogen-bond acceptors (Lipinski definition) is 3. The number of halogens is 1. The summed E-state index contributed by atoms with van der Waals surface area (Å²) in [6, 6.07) is 7.40. The third kappa shape index (κ3) is 3.85. The first-order valence-electron chi connectivity index (χ1n) is 10.1. The lowest BCUT2D eigenvalue weighted by Crippen LogP contribution is -2.32. The van der Waals surface area contributed by atoms with Gasteiger partial charge in [-0.3, -0.25) is 4.79 Å². The van der Waals surface area contributed by atoms with Gasteiger partial charge in [-0.05, 0) is 62.6 Å². The average molecular weight is 419 g/mol. The lowest BCUT2D eigenvalue weighted by Gasteiger charge is -2.20. The number of allylic oxidation sites excluding steroid dienone is 1. The fraction of sp³-hybridized carbons (Fsp3) is 0.333. The second-order valence-corrected chi connectivity index (χ2v) is 8.20. The van der Waals surface area contributed by atoms with Crippen LogP contribution >= 0.6 is 11.6 Å². The number of carbonyl (C=O) groups is 1. The Morgan fingerprint density at radius 1 is 1.33 bits per heavy atom. The number of carbonyl (C=O) groups excluding carboxylic acids is 1. The molecule has 6 heteroatoms. The second-order valence-electron chi connectivity index (χ2n) is 7.79. The number of rotatable bonds is 4. The van der Waals surface area contributed by atoms with Gasteiger partial charge in [-0.15, -0.1) is 5.73 Å². The summed E-state index contributed by atoms with van der Waals surface area (Å²) < 4.78 is 1.85. The van der Waals surface area contributed by atoms with Crippen LogP contribution in [0.3, 0.4) is 0 Å². The van der Waals surface area contributed by atoms with Crippen molar-refractivity contribution in [3.63, 3.8) is 0 Å². The summed E-state index contributed by atoms with van der Waals surface area (Å²) in [5, 5.41) is 14.2. The summed E-state index contributed by atoms with van der Waals surface area (Å²) in [5.74, 6) is -0.0712. The first-order chi connectivity index (χ1) is 14.5. The summed E-state index contributed by atoms with van der Waals surface area (Å²) in [6.45, 7) is 5.72. The SMILES string of the molecule is Cc1nn(-c2ccc(C#N)c(Cl)c2)c(C)c1CC1=CC(C(=O)N2CCCC2)C=C=C1. The number of aromatic nitrogens is 2. The Balaban J connectivity index is 1.59. The minimum atomic E-state index is -0.240. The van der Waals surface area contributed by atoms with E-state index in [0.29, 0.717) is 17.0 Å². The van der Waals surface area contributed by atoms with Crippen molar-refractivity contribution < 1.29 is 4.79 Å². The lowest BCUT2D eigenvalue weighted by atomic mass is 9.95. The zero-order valence-corrected chi connectivity index (χ0v) is 17.9. The van der Waals surface area contributed by atoms with Crippen molar-refractivity contribution in [2.75, 3.05) is 13.1 Å². The Kier molecular flexibility index (Phi) is 5.63. The minimum absolute atomic E-state index is 0.168. The molecule has 1 saturated heterocycles. The van der Waals surface area contributed by atoms with Crippen LogP contribution in [0.5, 0.6) is 0 Å². The van der Waals surface area contributed by atoms with E-state index in [1.54, 1.807) is 12.1 Å². The number of aryl methyl sites for hydroxylation is 1. The molecule has 0 spiro atoms. The summed E-state index contributed by atoms with van der Waals surface area (Å²) in [5.41, 5.74) is 8.56. The van der Waals surface area contributed by atoms with E-state index in [2.05, 4.69) is 11.8 Å². The highest BCUT2D eigenvalue weighted by molar-refractivity contribution is 6.31. The first kappa shape index (κ1) is 20.2. The van der Waals surface area contributed by atoms with Crippen LogP contribution in [-0.4, -0.2) is 33.7 Å². The van der Waals surface area contributed by atoms with Gasteiger partial charge in [0.2, 0.25) is 5.91 Å². The zero-order chi connectivity index (χ0) is 21.3. The van der Waals surface area contributed by atoms with Gasteiger partial charge in [-0.2, -0.15) is 10.4 Å². The molecule has 2 heterocycles. The van der Waals surface area contributed by atoms with Crippen molar-refractivity contribution >= 4 is 17.5 Å². The lowest BCUT2D eigenvalue weighted by molar-refractivity contribution is -0.131. The van der Waals surface area contributed by atoms with Gasteiger partial charge in [0.05, 0.1) is 27.9 Å². The maximum atomic E-state index is 12.7. The maximum absolute atomic E-state index is 12.7. The third-order valence-corrected chi connectivity index (χ3v) is 6.09. The van der Waals surface area contributed by atoms with Crippen LogP contribution in [0.15, 0.2) is 47.7 Å². The van der Waals surface area contributed by atoms with Gasteiger partial charge in [0, 0.05) is 30.8 Å². The molecular formula is C24H23ClN4O. The van der Waals surface area contributed by atoms with Crippen LogP contribution in [-0.2, 0) is 11.2 Å². The molecule has 2 aliphatic rings. The van der Waals surface area contributed by atoms with Crippen LogP contribution in [0.2, 0.25) is 5.02 Å². The van der Waals surface area contributed by atoms with Crippen LogP contribution in [0.1, 0.15) is 35.4 Å². The molecule has 1 aromatic heterocycles. The number of benzene rings is 1. The van der Waals surface area contributed by atoms with Gasteiger partial charge in [-0.25, -0.2) is 4.68 Å². The van der Waals surface area contributed by atoms with Crippen molar-refractivity contribution in [2.45, 2.75) is 33.1 Å². The van der Waals surface area contributed by atoms with Gasteiger partial charge in [0.25, 0.3) is 0 Å². The Hall–Kier alpha value is -3.06. The second kappa shape index (κ2) is 8.36. The summed E-state index contributed by atoms with van der Waals surface area (Å²) in [6.07, 6.45) is 8.71. The molecule has 1 aliphatic heterocycles. The molecule has 152 valence electrons. The maximum Gasteiger partial charge on any atom is 0.233 e. The van der Waals surface area contributed by atoms with Gasteiger partial charge in [0.15, 0.2) is 0 Å². The van der Waals surface area contributed by atoms with E-state index in [0.717, 1.165) is 54.1 Å². The van der Waals surface area contributed by atoms with Crippen LogP contribution < -0.4 is 0 Å². The largest absolute Gasteiger partial charge is 0.342 e. The van der Waals surface area contributed by atoms with E-state index in [9.17, 15) is 4.79 Å². The molecule has 0 saturated carbocycles. The van der Waals surface area contributed by atoms with Gasteiger partial charge < -0.3 is 4.90 Å². The molecule has 2 aromatic rings. The van der Waals surface area contributed by atoms with Crippen LogP contribution in [0, 0.1) is 31.1 Å². The number of nitriles is 1. The van der Waals surface area contributed by atoms with Crippen LogP contribution in [0.25, 0.3) is 5.69 Å². The number of hydrogen-bond donors (Lipinski definition) is 0. The molecule has 1 atom stereocenters. The van der Waals surface area contributed by atoms with Crippen LogP contribution in [0.4, 0.5) is 0 Å². The van der Waals surface area contributed by atoms with Crippen molar-refractivity contribution in [2.24, 2.45) is 5.92 Å². The fourth-order valence-electron chi connectivity index (χ4n) is 4.10. The highest BCUT2D eigenvalue weighted by Gasteiger charge is 2.25. The number of nitrogens with zero attached hydrogens (tertiary/aromatic N) is 4. The van der Waals surface area contributed by atoms with Gasteiger partial charge >= 0.3 is 0 Å². The molecule has 1 unspecified atom stereocenters. The molecule has 0 radical (unpaired) electrons. The van der Waals surface area contributed by atoms with E-state index in [-0.39, 0.29) is 11.8 Å². The quantitative estimate of drug-likeness (QED) is 0.689. The first-order valence-corrected chi connectivity index (χ1v) is 10.5. The topological polar surface area (TPSA) is 61.9 Å². The highest BCUT2D eigenvalue weighted by Crippen LogP contribution is 2.26. The third-order valence-electron chi connectivity index (χ3n) is 5.78.